The summed E-state index contributed by atoms with van der Waals surface area (Å²) >= 11 is 0. The van der Waals surface area contributed by atoms with Gasteiger partial charge in [-0.1, -0.05) is 0 Å². The summed E-state index contributed by atoms with van der Waals surface area (Å²) in [7, 11) is 2.11. The quantitative estimate of drug-likeness (QED) is 0.665. The van der Waals surface area contributed by atoms with Crippen LogP contribution < -0.4 is 10.6 Å². The Morgan fingerprint density at radius 2 is 2.07 bits per heavy atom. The molecule has 0 radical (unpaired) electrons. The SMILES string of the molecule is CN1CC[C@H](NC(=O)C2CCNCC2)C1. The molecule has 0 aromatic rings. The normalized spacial score (nSPS) is 29.3. The minimum absolute atomic E-state index is 0.247. The van der Waals surface area contributed by atoms with Crippen LogP contribution in [-0.4, -0.2) is 50.1 Å². The van der Waals surface area contributed by atoms with Crippen LogP contribution in [0.3, 0.4) is 0 Å². The predicted molar refractivity (Wildman–Crippen MR) is 59.6 cm³/mol. The lowest BCUT2D eigenvalue weighted by Gasteiger charge is -2.23. The maximum absolute atomic E-state index is 11.9. The second kappa shape index (κ2) is 4.94. The van der Waals surface area contributed by atoms with E-state index >= 15 is 0 Å². The Balaban J connectivity index is 1.76. The smallest absolute Gasteiger partial charge is 0.223 e. The number of rotatable bonds is 2. The van der Waals surface area contributed by atoms with Crippen LogP contribution in [0, 0.1) is 5.92 Å². The molecule has 2 N–H and O–H groups in total. The Labute approximate surface area is 91.4 Å². The van der Waals surface area contributed by atoms with Crippen molar-refractivity contribution in [3.8, 4) is 0 Å². The molecule has 2 rings (SSSR count). The van der Waals surface area contributed by atoms with E-state index in [0.29, 0.717) is 6.04 Å². The van der Waals surface area contributed by atoms with Crippen molar-refractivity contribution < 1.29 is 4.79 Å². The monoisotopic (exact) mass is 211 g/mol. The molecule has 4 heteroatoms. The lowest BCUT2D eigenvalue weighted by molar-refractivity contribution is -0.126. The minimum atomic E-state index is 0.247. The second-order valence-electron chi connectivity index (χ2n) is 4.78. The first-order valence-electron chi connectivity index (χ1n) is 5.95. The van der Waals surface area contributed by atoms with Crippen molar-refractivity contribution in [2.45, 2.75) is 25.3 Å². The van der Waals surface area contributed by atoms with E-state index in [1.54, 1.807) is 0 Å². The van der Waals surface area contributed by atoms with Gasteiger partial charge in [-0.05, 0) is 45.9 Å². The molecule has 4 nitrogen and oxygen atoms in total. The summed E-state index contributed by atoms with van der Waals surface area (Å²) in [6.07, 6.45) is 3.09. The zero-order valence-electron chi connectivity index (χ0n) is 9.46. The number of hydrogen-bond donors (Lipinski definition) is 2. The highest BCUT2D eigenvalue weighted by molar-refractivity contribution is 5.79. The van der Waals surface area contributed by atoms with Crippen molar-refractivity contribution in [3.63, 3.8) is 0 Å². The summed E-state index contributed by atoms with van der Waals surface area (Å²) in [6, 6.07) is 0.386. The molecule has 2 saturated heterocycles. The van der Waals surface area contributed by atoms with Crippen LogP contribution >= 0.6 is 0 Å². The lowest BCUT2D eigenvalue weighted by Crippen LogP contribution is -2.43. The third kappa shape index (κ3) is 2.92. The number of likely N-dealkylation sites (tertiary alicyclic amines) is 1. The van der Waals surface area contributed by atoms with Gasteiger partial charge >= 0.3 is 0 Å². The van der Waals surface area contributed by atoms with E-state index in [4.69, 9.17) is 0 Å². The summed E-state index contributed by atoms with van der Waals surface area (Å²) < 4.78 is 0. The highest BCUT2D eigenvalue weighted by Crippen LogP contribution is 2.13. The lowest BCUT2D eigenvalue weighted by atomic mass is 9.97. The van der Waals surface area contributed by atoms with Gasteiger partial charge in [-0.2, -0.15) is 0 Å². The molecule has 86 valence electrons. The molecule has 2 heterocycles. The van der Waals surface area contributed by atoms with Crippen molar-refractivity contribution in [1.82, 2.24) is 15.5 Å². The molecule has 0 bridgehead atoms. The molecule has 2 aliphatic heterocycles. The van der Waals surface area contributed by atoms with Crippen molar-refractivity contribution in [2.24, 2.45) is 5.92 Å². The number of carbonyl (C=O) groups is 1. The summed E-state index contributed by atoms with van der Waals surface area (Å²) in [5, 5.41) is 6.45. The average molecular weight is 211 g/mol. The molecular weight excluding hydrogens is 190 g/mol. The van der Waals surface area contributed by atoms with E-state index in [1.807, 2.05) is 0 Å². The molecule has 0 aromatic heterocycles. The first-order valence-corrected chi connectivity index (χ1v) is 5.95. The summed E-state index contributed by atoms with van der Waals surface area (Å²) in [5.41, 5.74) is 0. The molecule has 0 unspecified atom stereocenters. The number of nitrogens with zero attached hydrogens (tertiary/aromatic N) is 1. The second-order valence-corrected chi connectivity index (χ2v) is 4.78. The van der Waals surface area contributed by atoms with Gasteiger partial charge in [-0.25, -0.2) is 0 Å². The maximum atomic E-state index is 11.9. The fourth-order valence-electron chi connectivity index (χ4n) is 2.46. The van der Waals surface area contributed by atoms with Gasteiger partial charge in [0.15, 0.2) is 0 Å². The van der Waals surface area contributed by atoms with E-state index < -0.39 is 0 Å². The van der Waals surface area contributed by atoms with Gasteiger partial charge in [0.1, 0.15) is 0 Å². The van der Waals surface area contributed by atoms with E-state index in [2.05, 4.69) is 22.6 Å². The summed E-state index contributed by atoms with van der Waals surface area (Å²) in [4.78, 5) is 14.2. The molecule has 0 aromatic carbocycles. The summed E-state index contributed by atoms with van der Waals surface area (Å²) in [5.74, 6) is 0.522. The molecular formula is C11H21N3O. The molecule has 0 spiro atoms. The van der Waals surface area contributed by atoms with Crippen molar-refractivity contribution in [1.29, 1.82) is 0 Å². The fourth-order valence-corrected chi connectivity index (χ4v) is 2.46. The van der Waals surface area contributed by atoms with Gasteiger partial charge < -0.3 is 15.5 Å². The minimum Gasteiger partial charge on any atom is -0.352 e. The Morgan fingerprint density at radius 1 is 1.33 bits per heavy atom. The molecule has 0 saturated carbocycles. The van der Waals surface area contributed by atoms with E-state index in [-0.39, 0.29) is 11.8 Å². The zero-order chi connectivity index (χ0) is 10.7. The van der Waals surface area contributed by atoms with Gasteiger partial charge in [-0.15, -0.1) is 0 Å². The highest BCUT2D eigenvalue weighted by Gasteiger charge is 2.26. The number of nitrogens with one attached hydrogen (secondary N) is 2. The van der Waals surface area contributed by atoms with Crippen molar-refractivity contribution >= 4 is 5.91 Å². The maximum Gasteiger partial charge on any atom is 0.223 e. The zero-order valence-corrected chi connectivity index (χ0v) is 9.46. The van der Waals surface area contributed by atoms with E-state index in [9.17, 15) is 4.79 Å². The number of likely N-dealkylation sites (N-methyl/N-ethyl adjacent to an activating group) is 1. The third-order valence-corrected chi connectivity index (χ3v) is 3.45. The van der Waals surface area contributed by atoms with Crippen molar-refractivity contribution in [3.05, 3.63) is 0 Å². The Morgan fingerprint density at radius 3 is 2.67 bits per heavy atom. The van der Waals surface area contributed by atoms with Crippen LogP contribution in [0.1, 0.15) is 19.3 Å². The van der Waals surface area contributed by atoms with Crippen LogP contribution in [-0.2, 0) is 4.79 Å². The van der Waals surface area contributed by atoms with Gasteiger partial charge in [-0.3, -0.25) is 4.79 Å². The van der Waals surface area contributed by atoms with Gasteiger partial charge in [0.05, 0.1) is 0 Å². The molecule has 1 atom stereocenters. The average Bonchev–Trinajstić information content (AvgIpc) is 2.65. The first kappa shape index (κ1) is 10.9. The Hall–Kier alpha value is -0.610. The standard InChI is InChI=1S/C11H21N3O/c1-14-7-4-10(8-14)13-11(15)9-2-5-12-6-3-9/h9-10,12H,2-8H2,1H3,(H,13,15)/t10-/m0/s1. The Bertz CT molecular complexity index is 226. The van der Waals surface area contributed by atoms with Gasteiger partial charge in [0.2, 0.25) is 5.91 Å². The first-order chi connectivity index (χ1) is 7.25. The van der Waals surface area contributed by atoms with Crippen LogP contribution in [0.2, 0.25) is 0 Å². The largest absolute Gasteiger partial charge is 0.352 e. The summed E-state index contributed by atoms with van der Waals surface area (Å²) in [6.45, 7) is 4.10. The fraction of sp³-hybridized carbons (Fsp3) is 0.909. The molecule has 2 aliphatic rings. The van der Waals surface area contributed by atoms with Gasteiger partial charge in [0.25, 0.3) is 0 Å². The topological polar surface area (TPSA) is 44.4 Å². The molecule has 0 aliphatic carbocycles. The Kier molecular flexibility index (Phi) is 3.59. The number of piperidine rings is 1. The van der Waals surface area contributed by atoms with Crippen LogP contribution in [0.15, 0.2) is 0 Å². The number of carbonyl (C=O) groups excluding carboxylic acids is 1. The highest BCUT2D eigenvalue weighted by atomic mass is 16.2. The van der Waals surface area contributed by atoms with Crippen LogP contribution in [0.4, 0.5) is 0 Å². The molecule has 2 fully saturated rings. The molecule has 15 heavy (non-hydrogen) atoms. The number of amides is 1. The third-order valence-electron chi connectivity index (χ3n) is 3.45. The van der Waals surface area contributed by atoms with Crippen LogP contribution in [0.5, 0.6) is 0 Å². The number of hydrogen-bond acceptors (Lipinski definition) is 3. The van der Waals surface area contributed by atoms with Gasteiger partial charge in [0, 0.05) is 18.5 Å². The van der Waals surface area contributed by atoms with Crippen molar-refractivity contribution in [2.75, 3.05) is 33.2 Å². The predicted octanol–water partition coefficient (Wildman–Crippen LogP) is -0.194. The van der Waals surface area contributed by atoms with Crippen LogP contribution in [0.25, 0.3) is 0 Å². The molecule has 1 amide bonds. The van der Waals surface area contributed by atoms with E-state index in [1.165, 1.54) is 0 Å². The van der Waals surface area contributed by atoms with E-state index in [0.717, 1.165) is 45.4 Å².